The molecule has 0 radical (unpaired) electrons. The van der Waals surface area contributed by atoms with Crippen LogP contribution in [0.15, 0.2) is 22.7 Å². The van der Waals surface area contributed by atoms with Crippen molar-refractivity contribution in [2.45, 2.75) is 13.3 Å². The molecule has 1 fully saturated rings. The van der Waals surface area contributed by atoms with Gasteiger partial charge in [-0.05, 0) is 37.1 Å². The molecule has 2 rings (SSSR count). The highest BCUT2D eigenvalue weighted by Gasteiger charge is 2.45. The number of nitrogens with zero attached hydrogens (tertiary/aromatic N) is 2. The monoisotopic (exact) mass is 364 g/mol. The predicted molar refractivity (Wildman–Crippen MR) is 85.8 cm³/mol. The zero-order valence-electron chi connectivity index (χ0n) is 12.2. The first-order valence-electron chi connectivity index (χ1n) is 6.87. The summed E-state index contributed by atoms with van der Waals surface area (Å²) in [6.45, 7) is 2.50. The number of amides is 2. The minimum Gasteiger partial charge on any atom is -0.376 e. The van der Waals surface area contributed by atoms with Crippen molar-refractivity contribution < 1.29 is 9.59 Å². The van der Waals surface area contributed by atoms with E-state index in [0.29, 0.717) is 13.0 Å². The second-order valence-electron chi connectivity index (χ2n) is 5.44. The Bertz CT molecular complexity index is 655. The Balaban J connectivity index is 1.97. The standard InChI is InChI=1S/C15H17BrN4O2/c1-10-6-11(16)2-3-12(10)19-7-13(21)20-5-4-15(8-17,9-20)14(18)22/h2-3,6,19H,4-5,7,9H2,1H3,(H2,18,22). The average molecular weight is 365 g/mol. The number of carbonyl (C=O) groups is 2. The molecule has 1 unspecified atom stereocenters. The van der Waals surface area contributed by atoms with Gasteiger partial charge in [0.1, 0.15) is 0 Å². The smallest absolute Gasteiger partial charge is 0.241 e. The van der Waals surface area contributed by atoms with Gasteiger partial charge in [0, 0.05) is 23.2 Å². The summed E-state index contributed by atoms with van der Waals surface area (Å²) < 4.78 is 0.974. The van der Waals surface area contributed by atoms with Crippen molar-refractivity contribution in [2.75, 3.05) is 25.0 Å². The van der Waals surface area contributed by atoms with Crippen LogP contribution in [0.1, 0.15) is 12.0 Å². The summed E-state index contributed by atoms with van der Waals surface area (Å²) in [5.41, 5.74) is 5.93. The van der Waals surface area contributed by atoms with E-state index >= 15 is 0 Å². The molecule has 1 atom stereocenters. The lowest BCUT2D eigenvalue weighted by Gasteiger charge is -2.19. The molecule has 1 aromatic rings. The first kappa shape index (κ1) is 16.3. The normalized spacial score (nSPS) is 20.5. The summed E-state index contributed by atoms with van der Waals surface area (Å²) in [4.78, 5) is 25.1. The molecule has 1 aliphatic heterocycles. The number of nitriles is 1. The third kappa shape index (κ3) is 3.22. The number of anilines is 1. The molecule has 0 aromatic heterocycles. The summed E-state index contributed by atoms with van der Waals surface area (Å²) in [5, 5.41) is 12.2. The largest absolute Gasteiger partial charge is 0.376 e. The number of nitrogens with two attached hydrogens (primary N) is 1. The van der Waals surface area contributed by atoms with Crippen molar-refractivity contribution in [1.29, 1.82) is 5.26 Å². The van der Waals surface area contributed by atoms with Crippen LogP contribution >= 0.6 is 15.9 Å². The highest BCUT2D eigenvalue weighted by atomic mass is 79.9. The number of hydrogen-bond donors (Lipinski definition) is 2. The molecule has 1 heterocycles. The first-order valence-corrected chi connectivity index (χ1v) is 7.66. The van der Waals surface area contributed by atoms with Crippen molar-refractivity contribution in [1.82, 2.24) is 4.90 Å². The van der Waals surface area contributed by atoms with Crippen LogP contribution < -0.4 is 11.1 Å². The fourth-order valence-electron chi connectivity index (χ4n) is 2.48. The summed E-state index contributed by atoms with van der Waals surface area (Å²) >= 11 is 3.39. The van der Waals surface area contributed by atoms with Crippen LogP contribution in [0, 0.1) is 23.7 Å². The highest BCUT2D eigenvalue weighted by Crippen LogP contribution is 2.29. The third-order valence-corrected chi connectivity index (χ3v) is 4.42. The second kappa shape index (κ2) is 6.36. The predicted octanol–water partition coefficient (Wildman–Crippen LogP) is 1.40. The Labute approximate surface area is 137 Å². The van der Waals surface area contributed by atoms with Crippen molar-refractivity contribution >= 4 is 33.4 Å². The van der Waals surface area contributed by atoms with E-state index in [-0.39, 0.29) is 19.0 Å². The highest BCUT2D eigenvalue weighted by molar-refractivity contribution is 9.10. The summed E-state index contributed by atoms with van der Waals surface area (Å²) in [6.07, 6.45) is 0.294. The molecule has 0 spiro atoms. The van der Waals surface area contributed by atoms with E-state index in [1.54, 1.807) is 0 Å². The van der Waals surface area contributed by atoms with E-state index in [9.17, 15) is 9.59 Å². The topological polar surface area (TPSA) is 99.2 Å². The average Bonchev–Trinajstić information content (AvgIpc) is 2.92. The van der Waals surface area contributed by atoms with Gasteiger partial charge in [-0.3, -0.25) is 9.59 Å². The molecule has 1 saturated heterocycles. The summed E-state index contributed by atoms with van der Waals surface area (Å²) in [6, 6.07) is 7.69. The molecule has 6 nitrogen and oxygen atoms in total. The Morgan fingerprint density at radius 1 is 1.55 bits per heavy atom. The number of benzene rings is 1. The van der Waals surface area contributed by atoms with Gasteiger partial charge >= 0.3 is 0 Å². The van der Waals surface area contributed by atoms with Gasteiger partial charge in [-0.1, -0.05) is 15.9 Å². The third-order valence-electron chi connectivity index (χ3n) is 3.93. The van der Waals surface area contributed by atoms with Crippen LogP contribution in [0.5, 0.6) is 0 Å². The Kier molecular flexibility index (Phi) is 4.71. The van der Waals surface area contributed by atoms with Gasteiger partial charge in [-0.15, -0.1) is 0 Å². The minimum absolute atomic E-state index is 0.0681. The maximum absolute atomic E-state index is 12.2. The van der Waals surface area contributed by atoms with Gasteiger partial charge in [-0.2, -0.15) is 5.26 Å². The number of aryl methyl sites for hydroxylation is 1. The fourth-order valence-corrected chi connectivity index (χ4v) is 2.95. The van der Waals surface area contributed by atoms with E-state index in [4.69, 9.17) is 11.0 Å². The van der Waals surface area contributed by atoms with Crippen molar-refractivity contribution in [3.63, 3.8) is 0 Å². The second-order valence-corrected chi connectivity index (χ2v) is 6.35. The molecule has 0 bridgehead atoms. The van der Waals surface area contributed by atoms with Gasteiger partial charge in [0.25, 0.3) is 0 Å². The molecule has 22 heavy (non-hydrogen) atoms. The van der Waals surface area contributed by atoms with Crippen molar-refractivity contribution in [3.05, 3.63) is 28.2 Å². The zero-order chi connectivity index (χ0) is 16.3. The number of primary amides is 1. The molecule has 7 heteroatoms. The lowest BCUT2D eigenvalue weighted by Crippen LogP contribution is -2.41. The summed E-state index contributed by atoms with van der Waals surface area (Å²) in [7, 11) is 0. The van der Waals surface area contributed by atoms with Crippen LogP contribution in [0.2, 0.25) is 0 Å². The SMILES string of the molecule is Cc1cc(Br)ccc1NCC(=O)N1CCC(C#N)(C(N)=O)C1. The van der Waals surface area contributed by atoms with Crippen LogP contribution in [-0.2, 0) is 9.59 Å². The molecule has 1 aliphatic rings. The van der Waals surface area contributed by atoms with Gasteiger partial charge in [0.2, 0.25) is 11.8 Å². The molecule has 1 aromatic carbocycles. The Morgan fingerprint density at radius 3 is 2.82 bits per heavy atom. The van der Waals surface area contributed by atoms with Crippen LogP contribution in [0.25, 0.3) is 0 Å². The molecular formula is C15H17BrN4O2. The van der Waals surface area contributed by atoms with E-state index in [2.05, 4.69) is 21.2 Å². The Hall–Kier alpha value is -2.07. The van der Waals surface area contributed by atoms with Gasteiger partial charge in [0.15, 0.2) is 5.41 Å². The van der Waals surface area contributed by atoms with Crippen molar-refractivity contribution in [2.24, 2.45) is 11.1 Å². The molecule has 116 valence electrons. The molecular weight excluding hydrogens is 348 g/mol. The maximum Gasteiger partial charge on any atom is 0.241 e. The molecule has 0 aliphatic carbocycles. The fraction of sp³-hybridized carbons (Fsp3) is 0.400. The van der Waals surface area contributed by atoms with E-state index in [1.165, 1.54) is 4.90 Å². The zero-order valence-corrected chi connectivity index (χ0v) is 13.8. The summed E-state index contributed by atoms with van der Waals surface area (Å²) in [5.74, 6) is -0.817. The lowest BCUT2D eigenvalue weighted by molar-refractivity contribution is -0.129. The van der Waals surface area contributed by atoms with Crippen molar-refractivity contribution in [3.8, 4) is 6.07 Å². The number of carbonyl (C=O) groups excluding carboxylic acids is 2. The maximum atomic E-state index is 12.2. The first-order chi connectivity index (χ1) is 10.4. The minimum atomic E-state index is -1.25. The quantitative estimate of drug-likeness (QED) is 0.843. The van der Waals surface area contributed by atoms with Gasteiger partial charge < -0.3 is 16.0 Å². The van der Waals surface area contributed by atoms with Crippen LogP contribution in [0.3, 0.4) is 0 Å². The van der Waals surface area contributed by atoms with Gasteiger partial charge in [0.05, 0.1) is 12.6 Å². The van der Waals surface area contributed by atoms with Crippen LogP contribution in [-0.4, -0.2) is 36.3 Å². The van der Waals surface area contributed by atoms with Gasteiger partial charge in [-0.25, -0.2) is 0 Å². The molecule has 2 amide bonds. The molecule has 0 saturated carbocycles. The Morgan fingerprint density at radius 2 is 2.27 bits per heavy atom. The number of rotatable bonds is 4. The number of halogens is 1. The number of likely N-dealkylation sites (tertiary alicyclic amines) is 1. The van der Waals surface area contributed by atoms with Crippen LogP contribution in [0.4, 0.5) is 5.69 Å². The number of hydrogen-bond acceptors (Lipinski definition) is 4. The molecule has 3 N–H and O–H groups in total. The number of nitrogens with one attached hydrogen (secondary N) is 1. The van der Waals surface area contributed by atoms with E-state index < -0.39 is 11.3 Å². The lowest BCUT2D eigenvalue weighted by atomic mass is 9.88. The van der Waals surface area contributed by atoms with E-state index in [0.717, 1.165) is 15.7 Å². The van der Waals surface area contributed by atoms with E-state index in [1.807, 2.05) is 31.2 Å².